The summed E-state index contributed by atoms with van der Waals surface area (Å²) >= 11 is 0. The number of benzene rings is 1. The van der Waals surface area contributed by atoms with Crippen LogP contribution >= 0.6 is 0 Å². The van der Waals surface area contributed by atoms with Crippen LogP contribution in [0.4, 0.5) is 0 Å². The topological polar surface area (TPSA) is 41.8 Å². The maximum Gasteiger partial charge on any atom is 0.134 e. The predicted molar refractivity (Wildman–Crippen MR) is 45.0 cm³/mol. The highest BCUT2D eigenvalue weighted by Gasteiger charge is 2.18. The molecule has 62 valence electrons. The second-order valence-corrected chi connectivity index (χ2v) is 2.83. The molecule has 1 aliphatic rings. The van der Waals surface area contributed by atoms with Gasteiger partial charge in [0.05, 0.1) is 0 Å². The van der Waals surface area contributed by atoms with E-state index < -0.39 is 0 Å². The van der Waals surface area contributed by atoms with Crippen molar-refractivity contribution in [1.82, 2.24) is 0 Å². The Labute approximate surface area is 70.3 Å². The molecule has 0 spiro atoms. The molecule has 3 nitrogen and oxygen atoms in total. The fourth-order valence-electron chi connectivity index (χ4n) is 1.29. The Bertz CT molecular complexity index is 344. The van der Waals surface area contributed by atoms with Gasteiger partial charge in [0, 0.05) is 5.56 Å². The number of nitrogens with zero attached hydrogens (tertiary/aromatic N) is 1. The normalized spacial score (nSPS) is 17.6. The van der Waals surface area contributed by atoms with Gasteiger partial charge in [0.1, 0.15) is 18.1 Å². The molecule has 0 bridgehead atoms. The first-order valence-electron chi connectivity index (χ1n) is 3.76. The number of fused-ring (bicyclic) bond motifs is 1. The zero-order valence-electron chi connectivity index (χ0n) is 6.74. The minimum atomic E-state index is 0.370. The fraction of sp³-hybridized carbons (Fsp3) is 0.222. The molecule has 12 heavy (non-hydrogen) atoms. The van der Waals surface area contributed by atoms with Crippen molar-refractivity contribution in [3.63, 3.8) is 0 Å². The SMILES string of the molecule is Cc1ccc2c(c1)OC/C2=N\O. The molecule has 0 aromatic heterocycles. The maximum atomic E-state index is 8.59. The molecule has 0 fully saturated rings. The summed E-state index contributed by atoms with van der Waals surface area (Å²) in [6, 6.07) is 5.82. The molecule has 1 heterocycles. The highest BCUT2D eigenvalue weighted by molar-refractivity contribution is 6.05. The molecule has 1 N–H and O–H groups in total. The van der Waals surface area contributed by atoms with Crippen molar-refractivity contribution in [3.05, 3.63) is 29.3 Å². The summed E-state index contributed by atoms with van der Waals surface area (Å²) in [5.41, 5.74) is 2.64. The Hall–Kier alpha value is -1.51. The molecule has 1 aliphatic heterocycles. The van der Waals surface area contributed by atoms with Crippen molar-refractivity contribution in [2.75, 3.05) is 6.61 Å². The van der Waals surface area contributed by atoms with E-state index in [2.05, 4.69) is 5.16 Å². The second-order valence-electron chi connectivity index (χ2n) is 2.83. The molecule has 0 atom stereocenters. The maximum absolute atomic E-state index is 8.59. The molecule has 1 aromatic carbocycles. The first-order valence-corrected chi connectivity index (χ1v) is 3.76. The van der Waals surface area contributed by atoms with E-state index >= 15 is 0 Å². The second kappa shape index (κ2) is 2.52. The summed E-state index contributed by atoms with van der Waals surface area (Å²) in [7, 11) is 0. The van der Waals surface area contributed by atoms with Crippen LogP contribution in [0.3, 0.4) is 0 Å². The summed E-state index contributed by atoms with van der Waals surface area (Å²) in [6.45, 7) is 2.37. The Morgan fingerprint density at radius 1 is 1.50 bits per heavy atom. The molecule has 0 radical (unpaired) electrons. The van der Waals surface area contributed by atoms with Crippen LogP contribution in [0, 0.1) is 6.92 Å². The first-order chi connectivity index (χ1) is 5.81. The minimum absolute atomic E-state index is 0.370. The van der Waals surface area contributed by atoms with Gasteiger partial charge in [-0.25, -0.2) is 0 Å². The van der Waals surface area contributed by atoms with Crippen molar-refractivity contribution in [2.45, 2.75) is 6.92 Å². The predicted octanol–water partition coefficient (Wildman–Crippen LogP) is 1.57. The van der Waals surface area contributed by atoms with E-state index in [0.717, 1.165) is 16.9 Å². The van der Waals surface area contributed by atoms with Gasteiger partial charge in [-0.3, -0.25) is 0 Å². The van der Waals surface area contributed by atoms with Gasteiger partial charge in [-0.05, 0) is 24.6 Å². The average Bonchev–Trinajstić information content (AvgIpc) is 2.46. The van der Waals surface area contributed by atoms with Crippen LogP contribution in [0.25, 0.3) is 0 Å². The lowest BCUT2D eigenvalue weighted by Gasteiger charge is -1.97. The van der Waals surface area contributed by atoms with Gasteiger partial charge in [-0.15, -0.1) is 0 Å². The fourth-order valence-corrected chi connectivity index (χ4v) is 1.29. The molecule has 0 aliphatic carbocycles. The average molecular weight is 163 g/mol. The molecular formula is C9H9NO2. The zero-order valence-corrected chi connectivity index (χ0v) is 6.74. The van der Waals surface area contributed by atoms with Gasteiger partial charge in [0.25, 0.3) is 0 Å². The Morgan fingerprint density at radius 3 is 3.08 bits per heavy atom. The van der Waals surface area contributed by atoms with Crippen LogP contribution in [0.5, 0.6) is 5.75 Å². The smallest absolute Gasteiger partial charge is 0.134 e. The molecule has 0 saturated carbocycles. The van der Waals surface area contributed by atoms with E-state index in [1.807, 2.05) is 25.1 Å². The number of rotatable bonds is 0. The molecule has 3 heteroatoms. The van der Waals surface area contributed by atoms with Gasteiger partial charge >= 0.3 is 0 Å². The number of hydrogen-bond donors (Lipinski definition) is 1. The van der Waals surface area contributed by atoms with E-state index in [9.17, 15) is 0 Å². The largest absolute Gasteiger partial charge is 0.486 e. The van der Waals surface area contributed by atoms with Crippen LogP contribution in [0.2, 0.25) is 0 Å². The highest BCUT2D eigenvalue weighted by atomic mass is 16.5. The lowest BCUT2D eigenvalue weighted by atomic mass is 10.1. The summed E-state index contributed by atoms with van der Waals surface area (Å²) < 4.78 is 5.29. The van der Waals surface area contributed by atoms with Crippen LogP contribution in [0.1, 0.15) is 11.1 Å². The first kappa shape index (κ1) is 7.16. The van der Waals surface area contributed by atoms with Crippen molar-refractivity contribution in [3.8, 4) is 5.75 Å². The summed E-state index contributed by atoms with van der Waals surface area (Å²) in [5, 5.41) is 11.7. The molecule has 1 aromatic rings. The quantitative estimate of drug-likeness (QED) is 0.466. The van der Waals surface area contributed by atoms with Gasteiger partial charge < -0.3 is 9.94 Å². The standard InChI is InChI=1S/C9H9NO2/c1-6-2-3-7-8(10-11)5-12-9(7)4-6/h2-4,11H,5H2,1H3/b10-8+. The Kier molecular flexibility index (Phi) is 1.50. The van der Waals surface area contributed by atoms with Gasteiger partial charge in [0.2, 0.25) is 0 Å². The van der Waals surface area contributed by atoms with E-state index in [0.29, 0.717) is 12.3 Å². The van der Waals surface area contributed by atoms with Crippen LogP contribution < -0.4 is 4.74 Å². The summed E-state index contributed by atoms with van der Waals surface area (Å²) in [5.74, 6) is 0.808. The molecule has 0 saturated heterocycles. The zero-order chi connectivity index (χ0) is 8.55. The Balaban J connectivity index is 2.55. The third-order valence-corrected chi connectivity index (χ3v) is 1.93. The van der Waals surface area contributed by atoms with Crippen LogP contribution in [-0.4, -0.2) is 17.5 Å². The monoisotopic (exact) mass is 163 g/mol. The van der Waals surface area contributed by atoms with Crippen molar-refractivity contribution >= 4 is 5.71 Å². The Morgan fingerprint density at radius 2 is 2.33 bits per heavy atom. The summed E-state index contributed by atoms with van der Waals surface area (Å²) in [4.78, 5) is 0. The number of aryl methyl sites for hydroxylation is 1. The lowest BCUT2D eigenvalue weighted by molar-refractivity contribution is 0.313. The summed E-state index contributed by atoms with van der Waals surface area (Å²) in [6.07, 6.45) is 0. The molecule has 2 rings (SSSR count). The number of ether oxygens (including phenoxy) is 1. The van der Waals surface area contributed by atoms with Gasteiger partial charge in [0.15, 0.2) is 0 Å². The molecular weight excluding hydrogens is 154 g/mol. The van der Waals surface area contributed by atoms with Crippen molar-refractivity contribution in [2.24, 2.45) is 5.16 Å². The minimum Gasteiger partial charge on any atom is -0.486 e. The lowest BCUT2D eigenvalue weighted by Crippen LogP contribution is -2.01. The van der Waals surface area contributed by atoms with Crippen molar-refractivity contribution in [1.29, 1.82) is 0 Å². The van der Waals surface area contributed by atoms with E-state index in [4.69, 9.17) is 9.94 Å². The van der Waals surface area contributed by atoms with Crippen LogP contribution in [0.15, 0.2) is 23.4 Å². The van der Waals surface area contributed by atoms with Crippen LogP contribution in [-0.2, 0) is 0 Å². The van der Waals surface area contributed by atoms with Gasteiger partial charge in [-0.1, -0.05) is 11.2 Å². The number of hydrogen-bond acceptors (Lipinski definition) is 3. The number of oxime groups is 1. The third-order valence-electron chi connectivity index (χ3n) is 1.93. The molecule has 0 unspecified atom stereocenters. The third kappa shape index (κ3) is 0.942. The van der Waals surface area contributed by atoms with E-state index in [1.54, 1.807) is 0 Å². The highest BCUT2D eigenvalue weighted by Crippen LogP contribution is 2.26. The van der Waals surface area contributed by atoms with Gasteiger partial charge in [-0.2, -0.15) is 0 Å². The van der Waals surface area contributed by atoms with E-state index in [-0.39, 0.29) is 0 Å². The van der Waals surface area contributed by atoms with E-state index in [1.165, 1.54) is 0 Å². The molecule has 0 amide bonds. The van der Waals surface area contributed by atoms with Crippen molar-refractivity contribution < 1.29 is 9.94 Å².